The Bertz CT molecular complexity index is 536. The molecule has 1 N–H and O–H groups in total. The van der Waals surface area contributed by atoms with Crippen LogP contribution >= 0.6 is 0 Å². The van der Waals surface area contributed by atoms with Gasteiger partial charge in [-0.3, -0.25) is 0 Å². The molecule has 0 aliphatic heterocycles. The molecule has 0 aliphatic carbocycles. The molecule has 2 rings (SSSR count). The van der Waals surface area contributed by atoms with Crippen LogP contribution in [0, 0.1) is 0 Å². The van der Waals surface area contributed by atoms with Crippen LogP contribution in [-0.2, 0) is 0 Å². The number of aromatic carboxylic acids is 1. The maximum atomic E-state index is 11.2. The van der Waals surface area contributed by atoms with E-state index in [0.29, 0.717) is 11.5 Å². The monoisotopic (exact) mass is 214 g/mol. The van der Waals surface area contributed by atoms with Crippen LogP contribution in [0.5, 0.6) is 0 Å². The highest BCUT2D eigenvalue weighted by Crippen LogP contribution is 2.28. The van der Waals surface area contributed by atoms with Crippen LogP contribution in [0.2, 0.25) is 0 Å². The molecule has 0 aromatic heterocycles. The Kier molecular flexibility index (Phi) is 2.65. The molecule has 0 heterocycles. The molecule has 0 amide bonds. The first kappa shape index (κ1) is 10.7. The van der Waals surface area contributed by atoms with Gasteiger partial charge < -0.3 is 5.11 Å². The van der Waals surface area contributed by atoms with Gasteiger partial charge in [0.05, 0.1) is 5.56 Å². The van der Waals surface area contributed by atoms with Crippen molar-refractivity contribution in [3.63, 3.8) is 0 Å². The van der Waals surface area contributed by atoms with E-state index in [1.54, 1.807) is 12.1 Å². The second-order valence-corrected chi connectivity index (χ2v) is 4.21. The minimum atomic E-state index is -0.862. The summed E-state index contributed by atoms with van der Waals surface area (Å²) < 4.78 is 0. The summed E-state index contributed by atoms with van der Waals surface area (Å²) in [7, 11) is 0. The zero-order chi connectivity index (χ0) is 11.7. The molecule has 0 bridgehead atoms. The van der Waals surface area contributed by atoms with E-state index in [2.05, 4.69) is 13.8 Å². The normalized spacial score (nSPS) is 10.9. The lowest BCUT2D eigenvalue weighted by Gasteiger charge is -2.11. The van der Waals surface area contributed by atoms with Crippen molar-refractivity contribution in [1.29, 1.82) is 0 Å². The molecule has 0 saturated heterocycles. The smallest absolute Gasteiger partial charge is 0.336 e. The summed E-state index contributed by atoms with van der Waals surface area (Å²) in [6.45, 7) is 4.15. The van der Waals surface area contributed by atoms with E-state index in [4.69, 9.17) is 0 Å². The first-order valence-corrected chi connectivity index (χ1v) is 5.36. The fraction of sp³-hybridized carbons (Fsp3) is 0.214. The van der Waals surface area contributed by atoms with Crippen molar-refractivity contribution in [3.05, 3.63) is 47.5 Å². The Hall–Kier alpha value is -1.83. The Morgan fingerprint density at radius 3 is 2.31 bits per heavy atom. The summed E-state index contributed by atoms with van der Waals surface area (Å²) in [5.74, 6) is -0.539. The molecule has 0 atom stereocenters. The van der Waals surface area contributed by atoms with Crippen LogP contribution in [0.3, 0.4) is 0 Å². The zero-order valence-electron chi connectivity index (χ0n) is 9.40. The largest absolute Gasteiger partial charge is 0.478 e. The van der Waals surface area contributed by atoms with E-state index >= 15 is 0 Å². The summed E-state index contributed by atoms with van der Waals surface area (Å²) >= 11 is 0. The summed E-state index contributed by atoms with van der Waals surface area (Å²) in [5.41, 5.74) is 1.48. The third-order valence-electron chi connectivity index (χ3n) is 2.79. The van der Waals surface area contributed by atoms with Gasteiger partial charge in [-0.15, -0.1) is 0 Å². The quantitative estimate of drug-likeness (QED) is 0.828. The fourth-order valence-corrected chi connectivity index (χ4v) is 2.03. The number of carbonyl (C=O) groups is 1. The predicted octanol–water partition coefficient (Wildman–Crippen LogP) is 3.66. The maximum absolute atomic E-state index is 11.2. The van der Waals surface area contributed by atoms with Crippen molar-refractivity contribution in [2.24, 2.45) is 0 Å². The molecule has 2 nitrogen and oxygen atoms in total. The molecule has 0 radical (unpaired) electrons. The molecule has 82 valence electrons. The molecule has 2 aromatic carbocycles. The van der Waals surface area contributed by atoms with Crippen molar-refractivity contribution < 1.29 is 9.90 Å². The number of fused-ring (bicyclic) bond motifs is 1. The summed E-state index contributed by atoms with van der Waals surface area (Å²) in [6, 6.07) is 11.3. The summed E-state index contributed by atoms with van der Waals surface area (Å²) in [6.07, 6.45) is 0. The standard InChI is InChI=1S/C14H14O2/c1-9(2)11-7-3-5-10-6-4-8-12(13(10)11)14(15)16/h3-9H,1-2H3,(H,15,16). The van der Waals surface area contributed by atoms with E-state index in [1.165, 1.54) is 0 Å². The van der Waals surface area contributed by atoms with Gasteiger partial charge in [0.25, 0.3) is 0 Å². The molecule has 0 fully saturated rings. The van der Waals surface area contributed by atoms with Crippen molar-refractivity contribution >= 4 is 16.7 Å². The van der Waals surface area contributed by atoms with Gasteiger partial charge in [0.2, 0.25) is 0 Å². The molecule has 2 aromatic rings. The van der Waals surface area contributed by atoms with Crippen LogP contribution in [0.1, 0.15) is 35.7 Å². The molecule has 0 unspecified atom stereocenters. The van der Waals surface area contributed by atoms with Crippen LogP contribution in [0.15, 0.2) is 36.4 Å². The summed E-state index contributed by atoms with van der Waals surface area (Å²) in [5, 5.41) is 11.0. The minimum absolute atomic E-state index is 0.323. The van der Waals surface area contributed by atoms with E-state index in [0.717, 1.165) is 16.3 Å². The number of rotatable bonds is 2. The Labute approximate surface area is 94.5 Å². The van der Waals surface area contributed by atoms with Crippen molar-refractivity contribution in [3.8, 4) is 0 Å². The Morgan fingerprint density at radius 2 is 1.75 bits per heavy atom. The van der Waals surface area contributed by atoms with Crippen LogP contribution in [0.25, 0.3) is 10.8 Å². The molecule has 2 heteroatoms. The van der Waals surface area contributed by atoms with E-state index in [9.17, 15) is 9.90 Å². The first-order valence-electron chi connectivity index (χ1n) is 5.36. The van der Waals surface area contributed by atoms with E-state index < -0.39 is 5.97 Å². The lowest BCUT2D eigenvalue weighted by molar-refractivity contribution is 0.0699. The molecule has 0 saturated carbocycles. The molecular formula is C14H14O2. The molecule has 16 heavy (non-hydrogen) atoms. The third kappa shape index (κ3) is 1.67. The highest BCUT2D eigenvalue weighted by atomic mass is 16.4. The number of benzene rings is 2. The van der Waals surface area contributed by atoms with Crippen LogP contribution in [-0.4, -0.2) is 11.1 Å². The van der Waals surface area contributed by atoms with Crippen LogP contribution < -0.4 is 0 Å². The highest BCUT2D eigenvalue weighted by molar-refractivity contribution is 6.05. The highest BCUT2D eigenvalue weighted by Gasteiger charge is 2.12. The van der Waals surface area contributed by atoms with Crippen molar-refractivity contribution in [1.82, 2.24) is 0 Å². The van der Waals surface area contributed by atoms with E-state index in [-0.39, 0.29) is 0 Å². The van der Waals surface area contributed by atoms with Gasteiger partial charge >= 0.3 is 5.97 Å². The van der Waals surface area contributed by atoms with Crippen LogP contribution in [0.4, 0.5) is 0 Å². The lowest BCUT2D eigenvalue weighted by Crippen LogP contribution is -2.00. The first-order chi connectivity index (χ1) is 7.61. The molecule has 0 spiro atoms. The topological polar surface area (TPSA) is 37.3 Å². The van der Waals surface area contributed by atoms with Gasteiger partial charge in [-0.05, 0) is 28.3 Å². The van der Waals surface area contributed by atoms with Gasteiger partial charge in [0.1, 0.15) is 0 Å². The average molecular weight is 214 g/mol. The second-order valence-electron chi connectivity index (χ2n) is 4.21. The van der Waals surface area contributed by atoms with Crippen molar-refractivity contribution in [2.75, 3.05) is 0 Å². The number of hydrogen-bond acceptors (Lipinski definition) is 1. The van der Waals surface area contributed by atoms with Gasteiger partial charge in [-0.2, -0.15) is 0 Å². The molecule has 0 aliphatic rings. The Balaban J connectivity index is 2.87. The van der Waals surface area contributed by atoms with Gasteiger partial charge in [-0.25, -0.2) is 4.79 Å². The number of carboxylic acid groups (broad SMARTS) is 1. The predicted molar refractivity (Wildman–Crippen MR) is 65.0 cm³/mol. The van der Waals surface area contributed by atoms with Gasteiger partial charge in [0.15, 0.2) is 0 Å². The second kappa shape index (κ2) is 3.97. The molecular weight excluding hydrogens is 200 g/mol. The number of carboxylic acids is 1. The fourth-order valence-electron chi connectivity index (χ4n) is 2.03. The van der Waals surface area contributed by atoms with E-state index in [1.807, 2.05) is 24.3 Å². The average Bonchev–Trinajstić information content (AvgIpc) is 2.27. The lowest BCUT2D eigenvalue weighted by atomic mass is 9.93. The zero-order valence-corrected chi connectivity index (χ0v) is 9.40. The number of hydrogen-bond donors (Lipinski definition) is 1. The summed E-state index contributed by atoms with van der Waals surface area (Å²) in [4.78, 5) is 11.2. The maximum Gasteiger partial charge on any atom is 0.336 e. The minimum Gasteiger partial charge on any atom is -0.478 e. The Morgan fingerprint density at radius 1 is 1.12 bits per heavy atom. The third-order valence-corrected chi connectivity index (χ3v) is 2.79. The van der Waals surface area contributed by atoms with Crippen molar-refractivity contribution in [2.45, 2.75) is 19.8 Å². The van der Waals surface area contributed by atoms with Gasteiger partial charge in [0, 0.05) is 0 Å². The van der Waals surface area contributed by atoms with Gasteiger partial charge in [-0.1, -0.05) is 44.2 Å². The SMILES string of the molecule is CC(C)c1cccc2cccc(C(=O)O)c12.